The summed E-state index contributed by atoms with van der Waals surface area (Å²) in [4.78, 5) is 2.58. The van der Waals surface area contributed by atoms with Crippen molar-refractivity contribution in [2.24, 2.45) is 5.41 Å². The number of rotatable bonds is 8. The molecular formula is C14H28BrNO2. The summed E-state index contributed by atoms with van der Waals surface area (Å²) < 4.78 is 10.8. The Hall–Kier alpha value is 0.360. The zero-order chi connectivity index (χ0) is 13.4. The number of hydrogen-bond donors (Lipinski definition) is 0. The molecule has 0 saturated carbocycles. The molecule has 0 amide bonds. The highest BCUT2D eigenvalue weighted by Gasteiger charge is 2.34. The van der Waals surface area contributed by atoms with Gasteiger partial charge in [0, 0.05) is 44.8 Å². The molecule has 0 N–H and O–H groups in total. The molecule has 108 valence electrons. The highest BCUT2D eigenvalue weighted by molar-refractivity contribution is 9.09. The number of nitrogens with zero attached hydrogens (tertiary/aromatic N) is 1. The predicted octanol–water partition coefficient (Wildman–Crippen LogP) is 2.93. The van der Waals surface area contributed by atoms with E-state index < -0.39 is 0 Å². The van der Waals surface area contributed by atoms with E-state index in [4.69, 9.17) is 9.47 Å². The van der Waals surface area contributed by atoms with Crippen molar-refractivity contribution in [2.75, 3.05) is 45.4 Å². The lowest BCUT2D eigenvalue weighted by Crippen LogP contribution is -2.47. The van der Waals surface area contributed by atoms with Gasteiger partial charge in [0.2, 0.25) is 0 Å². The summed E-state index contributed by atoms with van der Waals surface area (Å²) in [7, 11) is 1.78. The van der Waals surface area contributed by atoms with Crippen molar-refractivity contribution >= 4 is 15.9 Å². The van der Waals surface area contributed by atoms with Gasteiger partial charge in [-0.15, -0.1) is 0 Å². The van der Waals surface area contributed by atoms with E-state index in [9.17, 15) is 0 Å². The van der Waals surface area contributed by atoms with E-state index >= 15 is 0 Å². The first-order valence-electron chi connectivity index (χ1n) is 7.04. The molecule has 0 spiro atoms. The lowest BCUT2D eigenvalue weighted by atomic mass is 9.81. The number of ether oxygens (including phenoxy) is 2. The molecule has 1 atom stereocenters. The first kappa shape index (κ1) is 16.4. The van der Waals surface area contributed by atoms with Crippen molar-refractivity contribution in [1.29, 1.82) is 0 Å². The topological polar surface area (TPSA) is 21.7 Å². The largest absolute Gasteiger partial charge is 0.383 e. The smallest absolute Gasteiger partial charge is 0.0589 e. The lowest BCUT2D eigenvalue weighted by Gasteiger charge is -2.41. The van der Waals surface area contributed by atoms with Crippen LogP contribution in [0, 0.1) is 5.41 Å². The third-order valence-electron chi connectivity index (χ3n) is 4.17. The summed E-state index contributed by atoms with van der Waals surface area (Å²) >= 11 is 3.72. The van der Waals surface area contributed by atoms with Crippen LogP contribution in [0.2, 0.25) is 0 Å². The van der Waals surface area contributed by atoms with Gasteiger partial charge in [-0.3, -0.25) is 4.90 Å². The van der Waals surface area contributed by atoms with E-state index in [-0.39, 0.29) is 0 Å². The van der Waals surface area contributed by atoms with Gasteiger partial charge in [-0.2, -0.15) is 0 Å². The van der Waals surface area contributed by atoms with E-state index in [1.807, 2.05) is 0 Å². The van der Waals surface area contributed by atoms with Crippen molar-refractivity contribution in [3.05, 3.63) is 0 Å². The Bertz CT molecular complexity index is 220. The normalized spacial score (nSPS) is 21.2. The molecule has 0 bridgehead atoms. The maximum atomic E-state index is 5.51. The molecule has 1 unspecified atom stereocenters. The average molecular weight is 322 g/mol. The summed E-state index contributed by atoms with van der Waals surface area (Å²) in [5.41, 5.74) is 0.384. The van der Waals surface area contributed by atoms with Gasteiger partial charge in [0.1, 0.15) is 0 Å². The van der Waals surface area contributed by atoms with E-state index in [1.54, 1.807) is 7.11 Å². The number of hydrogen-bond acceptors (Lipinski definition) is 3. The van der Waals surface area contributed by atoms with E-state index in [0.29, 0.717) is 11.5 Å². The van der Waals surface area contributed by atoms with Gasteiger partial charge < -0.3 is 9.47 Å². The first-order valence-corrected chi connectivity index (χ1v) is 8.16. The predicted molar refractivity (Wildman–Crippen MR) is 79.5 cm³/mol. The van der Waals surface area contributed by atoms with Crippen molar-refractivity contribution in [3.63, 3.8) is 0 Å². The second-order valence-corrected chi connectivity index (χ2v) is 6.03. The van der Waals surface area contributed by atoms with E-state index in [1.165, 1.54) is 6.42 Å². The van der Waals surface area contributed by atoms with Gasteiger partial charge in [0.15, 0.2) is 0 Å². The van der Waals surface area contributed by atoms with Crippen molar-refractivity contribution in [2.45, 2.75) is 39.2 Å². The van der Waals surface area contributed by atoms with Crippen LogP contribution in [0.1, 0.15) is 33.1 Å². The van der Waals surface area contributed by atoms with Crippen LogP contribution < -0.4 is 0 Å². The van der Waals surface area contributed by atoms with Crippen molar-refractivity contribution in [3.8, 4) is 0 Å². The molecule has 18 heavy (non-hydrogen) atoms. The zero-order valence-electron chi connectivity index (χ0n) is 12.1. The second-order valence-electron chi connectivity index (χ2n) is 5.47. The monoisotopic (exact) mass is 321 g/mol. The Labute approximate surface area is 120 Å². The summed E-state index contributed by atoms with van der Waals surface area (Å²) in [5, 5.41) is 1.07. The first-order chi connectivity index (χ1) is 8.67. The number of alkyl halides is 1. The SMILES string of the molecule is CCC(C)N(CCOC)CC1(CBr)CCOCC1. The highest BCUT2D eigenvalue weighted by atomic mass is 79.9. The highest BCUT2D eigenvalue weighted by Crippen LogP contribution is 2.34. The zero-order valence-corrected chi connectivity index (χ0v) is 13.7. The van der Waals surface area contributed by atoms with Crippen LogP contribution in [0.4, 0.5) is 0 Å². The standard InChI is InChI=1S/C14H28BrNO2/c1-4-13(2)16(7-10-17-3)12-14(11-15)5-8-18-9-6-14/h13H,4-12H2,1-3H3. The van der Waals surface area contributed by atoms with Gasteiger partial charge in [0.05, 0.1) is 6.61 Å². The van der Waals surface area contributed by atoms with Crippen LogP contribution >= 0.6 is 15.9 Å². The molecular weight excluding hydrogens is 294 g/mol. The Morgan fingerprint density at radius 2 is 2.06 bits per heavy atom. The minimum atomic E-state index is 0.384. The van der Waals surface area contributed by atoms with Crippen molar-refractivity contribution in [1.82, 2.24) is 4.90 Å². The molecule has 1 aliphatic heterocycles. The van der Waals surface area contributed by atoms with Crippen molar-refractivity contribution < 1.29 is 9.47 Å². The molecule has 0 aromatic carbocycles. The second kappa shape index (κ2) is 8.51. The lowest BCUT2D eigenvalue weighted by molar-refractivity contribution is -0.00325. The van der Waals surface area contributed by atoms with Gasteiger partial charge in [-0.25, -0.2) is 0 Å². The Morgan fingerprint density at radius 1 is 1.39 bits per heavy atom. The van der Waals surface area contributed by atoms with Gasteiger partial charge in [0.25, 0.3) is 0 Å². The summed E-state index contributed by atoms with van der Waals surface area (Å²) in [5.74, 6) is 0. The van der Waals surface area contributed by atoms with E-state index in [2.05, 4.69) is 34.7 Å². The van der Waals surface area contributed by atoms with Crippen LogP contribution in [0.15, 0.2) is 0 Å². The van der Waals surface area contributed by atoms with E-state index in [0.717, 1.165) is 51.1 Å². The molecule has 0 radical (unpaired) electrons. The minimum Gasteiger partial charge on any atom is -0.383 e. The minimum absolute atomic E-state index is 0.384. The van der Waals surface area contributed by atoms with Gasteiger partial charge in [-0.1, -0.05) is 22.9 Å². The van der Waals surface area contributed by atoms with Crippen LogP contribution in [0.3, 0.4) is 0 Å². The fourth-order valence-corrected chi connectivity index (χ4v) is 3.23. The Balaban J connectivity index is 2.60. The molecule has 0 aromatic heterocycles. The van der Waals surface area contributed by atoms with Crippen LogP contribution in [0.5, 0.6) is 0 Å². The molecule has 3 nitrogen and oxygen atoms in total. The fraction of sp³-hybridized carbons (Fsp3) is 1.00. The quantitative estimate of drug-likeness (QED) is 0.642. The summed E-state index contributed by atoms with van der Waals surface area (Å²) in [6.07, 6.45) is 3.52. The molecule has 1 rings (SSSR count). The molecule has 1 fully saturated rings. The molecule has 0 aromatic rings. The fourth-order valence-electron chi connectivity index (χ4n) is 2.49. The molecule has 4 heteroatoms. The Morgan fingerprint density at radius 3 is 2.56 bits per heavy atom. The van der Waals surface area contributed by atoms with Gasteiger partial charge >= 0.3 is 0 Å². The number of methoxy groups -OCH3 is 1. The van der Waals surface area contributed by atoms with Crippen LogP contribution in [-0.4, -0.2) is 56.3 Å². The third-order valence-corrected chi connectivity index (χ3v) is 5.36. The number of halogens is 1. The van der Waals surface area contributed by atoms with Gasteiger partial charge in [-0.05, 0) is 31.6 Å². The maximum Gasteiger partial charge on any atom is 0.0589 e. The van der Waals surface area contributed by atoms with Crippen LogP contribution in [-0.2, 0) is 9.47 Å². The maximum absolute atomic E-state index is 5.51. The summed E-state index contributed by atoms with van der Waals surface area (Å²) in [6, 6.07) is 0.624. The molecule has 0 aliphatic carbocycles. The van der Waals surface area contributed by atoms with Crippen LogP contribution in [0.25, 0.3) is 0 Å². The molecule has 1 aliphatic rings. The average Bonchev–Trinajstić information content (AvgIpc) is 2.43. The molecule has 1 saturated heterocycles. The Kier molecular flexibility index (Phi) is 7.76. The third kappa shape index (κ3) is 4.80. The summed E-state index contributed by atoms with van der Waals surface area (Å²) in [6.45, 7) is 9.39. The molecule has 1 heterocycles.